The van der Waals surface area contributed by atoms with Crippen LogP contribution < -0.4 is 9.62 Å². The van der Waals surface area contributed by atoms with E-state index in [2.05, 4.69) is 5.32 Å². The van der Waals surface area contributed by atoms with Gasteiger partial charge in [0.1, 0.15) is 0 Å². The predicted molar refractivity (Wildman–Crippen MR) is 108 cm³/mol. The molecule has 0 aliphatic carbocycles. The van der Waals surface area contributed by atoms with Crippen LogP contribution in [0, 0.1) is 0 Å². The average molecular weight is 436 g/mol. The number of benzene rings is 2. The smallest absolute Gasteiger partial charge is 0.232 e. The van der Waals surface area contributed by atoms with Crippen molar-refractivity contribution >= 4 is 62.1 Å². The van der Waals surface area contributed by atoms with Crippen molar-refractivity contribution in [2.24, 2.45) is 0 Å². The number of halogens is 3. The third kappa shape index (κ3) is 5.77. The van der Waals surface area contributed by atoms with Crippen molar-refractivity contribution < 1.29 is 13.2 Å². The van der Waals surface area contributed by atoms with Crippen LogP contribution in [-0.4, -0.2) is 27.1 Å². The molecule has 0 bridgehead atoms. The first-order valence-corrected chi connectivity index (χ1v) is 10.6. The Morgan fingerprint density at radius 3 is 2.27 bits per heavy atom. The summed E-state index contributed by atoms with van der Waals surface area (Å²) in [6.07, 6.45) is 1.53. The molecule has 26 heavy (non-hydrogen) atoms. The van der Waals surface area contributed by atoms with Gasteiger partial charge in [-0.1, -0.05) is 46.9 Å². The van der Waals surface area contributed by atoms with Crippen molar-refractivity contribution in [3.8, 4) is 0 Å². The Labute approximate surface area is 167 Å². The lowest BCUT2D eigenvalue weighted by Gasteiger charge is -2.22. The van der Waals surface area contributed by atoms with Crippen LogP contribution in [0.5, 0.6) is 0 Å². The van der Waals surface area contributed by atoms with Gasteiger partial charge in [-0.05, 0) is 36.8 Å². The van der Waals surface area contributed by atoms with E-state index in [1.54, 1.807) is 42.5 Å². The fraction of sp³-hybridized carbons (Fsp3) is 0.235. The third-order valence-electron chi connectivity index (χ3n) is 3.49. The van der Waals surface area contributed by atoms with E-state index in [0.717, 1.165) is 6.26 Å². The molecular formula is C17H17Cl3N2O3S. The van der Waals surface area contributed by atoms with Gasteiger partial charge in [0.25, 0.3) is 0 Å². The lowest BCUT2D eigenvalue weighted by Crippen LogP contribution is -2.31. The summed E-state index contributed by atoms with van der Waals surface area (Å²) in [5.41, 5.74) is 0.796. The van der Waals surface area contributed by atoms with E-state index in [9.17, 15) is 13.2 Å². The van der Waals surface area contributed by atoms with Crippen LogP contribution in [0.2, 0.25) is 15.1 Å². The first-order chi connectivity index (χ1) is 12.2. The van der Waals surface area contributed by atoms with Crippen molar-refractivity contribution in [2.45, 2.75) is 12.8 Å². The molecule has 2 aromatic rings. The Morgan fingerprint density at radius 2 is 1.69 bits per heavy atom. The second-order valence-electron chi connectivity index (χ2n) is 5.56. The van der Waals surface area contributed by atoms with E-state index in [1.807, 2.05) is 0 Å². The second-order valence-corrected chi connectivity index (χ2v) is 8.72. The van der Waals surface area contributed by atoms with Crippen LogP contribution >= 0.6 is 34.8 Å². The van der Waals surface area contributed by atoms with Gasteiger partial charge < -0.3 is 5.32 Å². The number of sulfonamides is 1. The maximum atomic E-state index is 12.1. The van der Waals surface area contributed by atoms with E-state index in [-0.39, 0.29) is 18.9 Å². The SMILES string of the molecule is CS(=O)(=O)N(CCCC(=O)Nc1c(Cl)cccc1Cl)c1cccc(Cl)c1. The number of hydrogen-bond donors (Lipinski definition) is 1. The first-order valence-electron chi connectivity index (χ1n) is 7.65. The number of carbonyl (C=O) groups excluding carboxylic acids is 1. The minimum absolute atomic E-state index is 0.105. The van der Waals surface area contributed by atoms with Crippen LogP contribution in [0.15, 0.2) is 42.5 Å². The van der Waals surface area contributed by atoms with Crippen LogP contribution in [-0.2, 0) is 14.8 Å². The number of nitrogens with one attached hydrogen (secondary N) is 1. The number of carbonyl (C=O) groups is 1. The molecule has 0 aromatic heterocycles. The number of nitrogens with zero attached hydrogens (tertiary/aromatic N) is 1. The highest BCUT2D eigenvalue weighted by molar-refractivity contribution is 7.92. The zero-order valence-electron chi connectivity index (χ0n) is 13.9. The largest absolute Gasteiger partial charge is 0.324 e. The number of amides is 1. The Morgan fingerprint density at radius 1 is 1.08 bits per heavy atom. The van der Waals surface area contributed by atoms with Crippen molar-refractivity contribution in [1.82, 2.24) is 0 Å². The van der Waals surface area contributed by atoms with Gasteiger partial charge in [-0.15, -0.1) is 0 Å². The van der Waals surface area contributed by atoms with Crippen LogP contribution in [0.1, 0.15) is 12.8 Å². The summed E-state index contributed by atoms with van der Waals surface area (Å²) >= 11 is 18.0. The van der Waals surface area contributed by atoms with Gasteiger partial charge in [0.15, 0.2) is 0 Å². The van der Waals surface area contributed by atoms with Crippen molar-refractivity contribution in [1.29, 1.82) is 0 Å². The highest BCUT2D eigenvalue weighted by atomic mass is 35.5. The predicted octanol–water partition coefficient (Wildman–Crippen LogP) is 4.83. The molecule has 0 radical (unpaired) electrons. The highest BCUT2D eigenvalue weighted by Gasteiger charge is 2.18. The molecule has 0 saturated carbocycles. The highest BCUT2D eigenvalue weighted by Crippen LogP contribution is 2.30. The van der Waals surface area contributed by atoms with Gasteiger partial charge in [0, 0.05) is 18.0 Å². The maximum absolute atomic E-state index is 12.1. The van der Waals surface area contributed by atoms with E-state index in [1.165, 1.54) is 4.31 Å². The molecule has 9 heteroatoms. The minimum atomic E-state index is -3.50. The third-order valence-corrected chi connectivity index (χ3v) is 5.55. The molecular weight excluding hydrogens is 419 g/mol. The fourth-order valence-corrected chi connectivity index (χ4v) is 3.95. The Bertz CT molecular complexity index is 884. The molecule has 0 atom stereocenters. The zero-order valence-corrected chi connectivity index (χ0v) is 17.0. The van der Waals surface area contributed by atoms with E-state index in [0.29, 0.717) is 32.9 Å². The van der Waals surface area contributed by atoms with Crippen molar-refractivity contribution in [2.75, 3.05) is 22.4 Å². The molecule has 0 heterocycles. The number of para-hydroxylation sites is 1. The lowest BCUT2D eigenvalue weighted by atomic mass is 10.2. The summed E-state index contributed by atoms with van der Waals surface area (Å²) in [5.74, 6) is -0.306. The molecule has 1 N–H and O–H groups in total. The number of hydrogen-bond acceptors (Lipinski definition) is 3. The second kappa shape index (κ2) is 8.95. The normalized spacial score (nSPS) is 11.2. The van der Waals surface area contributed by atoms with E-state index >= 15 is 0 Å². The molecule has 0 spiro atoms. The number of rotatable bonds is 7. The summed E-state index contributed by atoms with van der Waals surface area (Å²) < 4.78 is 25.3. The summed E-state index contributed by atoms with van der Waals surface area (Å²) in [4.78, 5) is 12.1. The van der Waals surface area contributed by atoms with Crippen LogP contribution in [0.25, 0.3) is 0 Å². The first kappa shape index (κ1) is 20.8. The topological polar surface area (TPSA) is 66.5 Å². The van der Waals surface area contributed by atoms with Gasteiger partial charge in [0.05, 0.1) is 27.7 Å². The quantitative estimate of drug-likeness (QED) is 0.677. The summed E-state index contributed by atoms with van der Waals surface area (Å²) in [6.45, 7) is 0.142. The van der Waals surface area contributed by atoms with Gasteiger partial charge >= 0.3 is 0 Å². The summed E-state index contributed by atoms with van der Waals surface area (Å²) in [7, 11) is -3.50. The minimum Gasteiger partial charge on any atom is -0.324 e. The Balaban J connectivity index is 2.00. The van der Waals surface area contributed by atoms with Crippen LogP contribution in [0.3, 0.4) is 0 Å². The van der Waals surface area contributed by atoms with Crippen molar-refractivity contribution in [3.63, 3.8) is 0 Å². The maximum Gasteiger partial charge on any atom is 0.232 e. The molecule has 0 fully saturated rings. The molecule has 0 unspecified atom stereocenters. The Kier molecular flexibility index (Phi) is 7.17. The Hall–Kier alpha value is -1.47. The fourth-order valence-electron chi connectivity index (χ4n) is 2.32. The molecule has 5 nitrogen and oxygen atoms in total. The molecule has 0 aliphatic rings. The molecule has 2 rings (SSSR count). The van der Waals surface area contributed by atoms with Crippen LogP contribution in [0.4, 0.5) is 11.4 Å². The number of anilines is 2. The molecule has 0 aliphatic heterocycles. The van der Waals surface area contributed by atoms with Crippen molar-refractivity contribution in [3.05, 3.63) is 57.5 Å². The molecule has 140 valence electrons. The summed E-state index contributed by atoms with van der Waals surface area (Å²) in [5, 5.41) is 3.75. The van der Waals surface area contributed by atoms with Gasteiger partial charge in [0.2, 0.25) is 15.9 Å². The van der Waals surface area contributed by atoms with Gasteiger partial charge in [-0.25, -0.2) is 8.42 Å². The van der Waals surface area contributed by atoms with Gasteiger partial charge in [-0.3, -0.25) is 9.10 Å². The molecule has 2 aromatic carbocycles. The van der Waals surface area contributed by atoms with E-state index in [4.69, 9.17) is 34.8 Å². The molecule has 1 amide bonds. The summed E-state index contributed by atoms with van der Waals surface area (Å²) in [6, 6.07) is 11.5. The van der Waals surface area contributed by atoms with Gasteiger partial charge in [-0.2, -0.15) is 0 Å². The average Bonchev–Trinajstić information content (AvgIpc) is 2.54. The lowest BCUT2D eigenvalue weighted by molar-refractivity contribution is -0.116. The zero-order chi connectivity index (χ0) is 19.3. The molecule has 0 saturated heterocycles. The van der Waals surface area contributed by atoms with E-state index < -0.39 is 10.0 Å². The standard InChI is InChI=1S/C17H17Cl3N2O3S/c1-26(24,25)22(13-6-2-5-12(18)11-13)10-4-9-16(23)21-17-14(19)7-3-8-15(17)20/h2-3,5-8,11H,4,9-10H2,1H3,(H,21,23). The monoisotopic (exact) mass is 434 g/mol.